The average Bonchev–Trinajstić information content (AvgIpc) is 2.98. The smallest absolute Gasteiger partial charge is 0.0366 e. The summed E-state index contributed by atoms with van der Waals surface area (Å²) in [6.45, 7) is -4.55. The molecule has 0 bridgehead atoms. The molecule has 0 aliphatic heterocycles. The number of hydrogen-bond acceptors (Lipinski definition) is 2. The van der Waals surface area contributed by atoms with Crippen molar-refractivity contribution in [1.29, 1.82) is 0 Å². The molecule has 5 aromatic rings. The minimum Gasteiger partial charge on any atom is -0.304 e. The quantitative estimate of drug-likeness (QED) is 0.196. The van der Waals surface area contributed by atoms with Gasteiger partial charge in [-0.1, -0.05) is 48.5 Å². The first-order chi connectivity index (χ1) is 19.4. The molecule has 2 heterocycles. The predicted octanol–water partition coefficient (Wildman–Crippen LogP) is 7.30. The molecule has 0 atom stereocenters. The standard InChI is InChI=1S/C19H16N.C12H10N.Ir/c1-15-14-20-19(17-10-6-3-7-11-17)13-18(15)12-16-8-4-2-5-9-16;1-10-7-8-12(13-9-10)11-5-3-2-4-6-11;/h2-10,13-14H,12H2,1H3;2-5,7-9H,1H3;/q2*-1;/i1D3,12D2;1D3;. The topological polar surface area (TPSA) is 25.8 Å². The summed E-state index contributed by atoms with van der Waals surface area (Å²) >= 11 is 0. The van der Waals surface area contributed by atoms with Crippen LogP contribution in [0.5, 0.6) is 0 Å². The van der Waals surface area contributed by atoms with Gasteiger partial charge in [0.15, 0.2) is 0 Å². The number of rotatable bonds is 4. The van der Waals surface area contributed by atoms with Crippen LogP contribution in [0.4, 0.5) is 0 Å². The zero-order chi connectivity index (χ0) is 29.7. The molecule has 0 unspecified atom stereocenters. The zero-order valence-electron chi connectivity index (χ0n) is 26.1. The number of nitrogens with zero attached hydrogens (tertiary/aromatic N) is 2. The molecule has 0 amide bonds. The average molecular weight is 627 g/mol. The first-order valence-electron chi connectivity index (χ1n) is 14.3. The van der Waals surface area contributed by atoms with Gasteiger partial charge in [0.25, 0.3) is 0 Å². The Morgan fingerprint density at radius 1 is 0.735 bits per heavy atom. The third-order valence-electron chi connectivity index (χ3n) is 4.69. The van der Waals surface area contributed by atoms with Crippen molar-refractivity contribution in [3.8, 4) is 22.5 Å². The summed E-state index contributed by atoms with van der Waals surface area (Å²) < 4.78 is 62.1. The molecule has 0 spiro atoms. The van der Waals surface area contributed by atoms with Crippen molar-refractivity contribution in [3.05, 3.63) is 144 Å². The molecular formula is C31H26IrN2-2. The molecule has 171 valence electrons. The summed E-state index contributed by atoms with van der Waals surface area (Å²) in [6.07, 6.45) is 0.680. The molecule has 0 fully saturated rings. The Balaban J connectivity index is 0.000000247. The fraction of sp³-hybridized carbons (Fsp3) is 0.0968. The third-order valence-corrected chi connectivity index (χ3v) is 4.69. The second kappa shape index (κ2) is 12.7. The van der Waals surface area contributed by atoms with Crippen LogP contribution in [0.3, 0.4) is 0 Å². The van der Waals surface area contributed by atoms with Crippen LogP contribution in [0.1, 0.15) is 33.2 Å². The van der Waals surface area contributed by atoms with Gasteiger partial charge in [0.1, 0.15) is 0 Å². The van der Waals surface area contributed by atoms with Crippen molar-refractivity contribution in [1.82, 2.24) is 9.97 Å². The second-order valence-corrected chi connectivity index (χ2v) is 7.09. The Hall–Kier alpha value is -3.39. The van der Waals surface area contributed by atoms with Crippen LogP contribution in [-0.2, 0) is 26.5 Å². The first kappa shape index (κ1) is 16.3. The van der Waals surface area contributed by atoms with E-state index in [9.17, 15) is 0 Å². The number of aryl methyl sites for hydroxylation is 2. The Bertz CT molecular complexity index is 1560. The fourth-order valence-corrected chi connectivity index (χ4v) is 3.04. The summed E-state index contributed by atoms with van der Waals surface area (Å²) in [4.78, 5) is 8.35. The first-order valence-corrected chi connectivity index (χ1v) is 10.3. The van der Waals surface area contributed by atoms with Gasteiger partial charge >= 0.3 is 0 Å². The third kappa shape index (κ3) is 7.05. The van der Waals surface area contributed by atoms with Crippen LogP contribution in [0.25, 0.3) is 22.5 Å². The fourth-order valence-electron chi connectivity index (χ4n) is 3.04. The molecule has 3 heteroatoms. The molecule has 2 nitrogen and oxygen atoms in total. The van der Waals surface area contributed by atoms with Gasteiger partial charge in [-0.2, -0.15) is 0 Å². The van der Waals surface area contributed by atoms with Crippen molar-refractivity contribution in [2.75, 3.05) is 0 Å². The molecule has 0 saturated carbocycles. The normalized spacial score (nSPS) is 14.6. The molecule has 0 aliphatic rings. The van der Waals surface area contributed by atoms with Crippen molar-refractivity contribution in [2.45, 2.75) is 20.1 Å². The second-order valence-electron chi connectivity index (χ2n) is 7.09. The summed E-state index contributed by atoms with van der Waals surface area (Å²) in [7, 11) is 0. The molecule has 0 N–H and O–H groups in total. The van der Waals surface area contributed by atoms with E-state index in [0.717, 1.165) is 11.3 Å². The van der Waals surface area contributed by atoms with Gasteiger partial charge in [0, 0.05) is 43.5 Å². The van der Waals surface area contributed by atoms with Crippen LogP contribution in [-0.4, -0.2) is 9.97 Å². The van der Waals surface area contributed by atoms with Gasteiger partial charge in [-0.15, -0.1) is 71.8 Å². The molecule has 5 rings (SSSR count). The van der Waals surface area contributed by atoms with E-state index in [1.54, 1.807) is 60.7 Å². The monoisotopic (exact) mass is 627 g/mol. The van der Waals surface area contributed by atoms with Gasteiger partial charge in [0.05, 0.1) is 0 Å². The Morgan fingerprint density at radius 2 is 1.41 bits per heavy atom. The molecule has 0 saturated heterocycles. The van der Waals surface area contributed by atoms with E-state index in [4.69, 9.17) is 11.0 Å². The SMILES string of the molecule is [2H]C([2H])([2H])c1ccc(-c2[c-]cccc2)nc1.[2H]C([2H])([2H])c1cnc(-c2[c-]cccc2)cc1C([2H])([2H])c1ccccc1.[Ir]. The van der Waals surface area contributed by atoms with Gasteiger partial charge in [0.2, 0.25) is 0 Å². The van der Waals surface area contributed by atoms with E-state index in [1.165, 1.54) is 18.5 Å². The van der Waals surface area contributed by atoms with Crippen molar-refractivity contribution in [2.24, 2.45) is 0 Å². The summed E-state index contributed by atoms with van der Waals surface area (Å²) in [5, 5.41) is 0. The number of hydrogen-bond donors (Lipinski definition) is 0. The Kier molecular flexibility index (Phi) is 6.10. The minimum atomic E-state index is -2.45. The van der Waals surface area contributed by atoms with E-state index in [1.807, 2.05) is 30.3 Å². The van der Waals surface area contributed by atoms with Gasteiger partial charge in [-0.05, 0) is 53.7 Å². The van der Waals surface area contributed by atoms with Crippen molar-refractivity contribution in [3.63, 3.8) is 0 Å². The molecule has 1 radical (unpaired) electrons. The van der Waals surface area contributed by atoms with Gasteiger partial charge in [-0.25, -0.2) is 0 Å². The summed E-state index contributed by atoms with van der Waals surface area (Å²) in [6, 6.07) is 34.1. The summed E-state index contributed by atoms with van der Waals surface area (Å²) in [5.41, 5.74) is 3.44. The van der Waals surface area contributed by atoms with Crippen LogP contribution in [0, 0.1) is 25.8 Å². The Labute approximate surface area is 227 Å². The zero-order valence-corrected chi connectivity index (χ0v) is 20.5. The maximum Gasteiger partial charge on any atom is 0.0366 e. The summed E-state index contributed by atoms with van der Waals surface area (Å²) in [5.74, 6) is 0. The molecule has 34 heavy (non-hydrogen) atoms. The van der Waals surface area contributed by atoms with E-state index in [-0.39, 0.29) is 36.8 Å². The van der Waals surface area contributed by atoms with E-state index in [0.29, 0.717) is 16.8 Å². The largest absolute Gasteiger partial charge is 0.304 e. The maximum atomic E-state index is 8.57. The van der Waals surface area contributed by atoms with E-state index in [2.05, 4.69) is 22.1 Å². The van der Waals surface area contributed by atoms with Crippen LogP contribution in [0.15, 0.2) is 109 Å². The van der Waals surface area contributed by atoms with Crippen molar-refractivity contribution >= 4 is 0 Å². The van der Waals surface area contributed by atoms with Crippen LogP contribution >= 0.6 is 0 Å². The van der Waals surface area contributed by atoms with Crippen LogP contribution in [0.2, 0.25) is 0 Å². The number of aromatic nitrogens is 2. The predicted molar refractivity (Wildman–Crippen MR) is 136 cm³/mol. The molecular weight excluding hydrogens is 593 g/mol. The van der Waals surface area contributed by atoms with Gasteiger partial charge < -0.3 is 9.97 Å². The van der Waals surface area contributed by atoms with E-state index >= 15 is 0 Å². The van der Waals surface area contributed by atoms with Crippen molar-refractivity contribution < 1.29 is 31.1 Å². The molecule has 0 aliphatic carbocycles. The minimum absolute atomic E-state index is 0. The number of pyridine rings is 2. The molecule has 2 aromatic heterocycles. The molecule has 3 aromatic carbocycles. The Morgan fingerprint density at radius 3 is 2.00 bits per heavy atom. The van der Waals surface area contributed by atoms with Crippen LogP contribution < -0.4 is 0 Å². The number of benzene rings is 3. The van der Waals surface area contributed by atoms with Gasteiger partial charge in [-0.3, -0.25) is 0 Å². The maximum absolute atomic E-state index is 8.57. The van der Waals surface area contributed by atoms with E-state index < -0.39 is 20.1 Å².